The van der Waals surface area contributed by atoms with Gasteiger partial charge in [0, 0.05) is 13.0 Å². The molecule has 9 heteroatoms. The maximum Gasteiger partial charge on any atom is 0.326 e. The van der Waals surface area contributed by atoms with Crippen molar-refractivity contribution in [2.75, 3.05) is 13.7 Å². The lowest BCUT2D eigenvalue weighted by molar-refractivity contribution is -0.143. The summed E-state index contributed by atoms with van der Waals surface area (Å²) < 4.78 is 5.49. The Labute approximate surface area is 179 Å². The first kappa shape index (κ1) is 22.9. The minimum Gasteiger partial charge on any atom is -0.497 e. The van der Waals surface area contributed by atoms with Gasteiger partial charge in [-0.05, 0) is 29.7 Å². The van der Waals surface area contributed by atoms with E-state index in [1.165, 1.54) is 16.7 Å². The van der Waals surface area contributed by atoms with Gasteiger partial charge in [0.2, 0.25) is 5.91 Å². The molecule has 7 nitrogen and oxygen atoms in total. The molecule has 2 unspecified atom stereocenters. The Hall–Kier alpha value is -2.39. The standard InChI is InChI=1S/C20H24N2O5S2/c1-4-12(2)17(19(25)26)21-16(23)9-10-22-18(24)15(29-20(22)28)11-13-5-7-14(27-3)8-6-13/h5-8,11-12,17H,4,9-10H2,1-3H3,(H,21,23)(H,25,26)/b15-11+. The van der Waals surface area contributed by atoms with Gasteiger partial charge in [-0.3, -0.25) is 14.5 Å². The number of rotatable bonds is 9. The minimum atomic E-state index is -1.07. The Balaban J connectivity index is 1.98. The maximum atomic E-state index is 12.6. The average Bonchev–Trinajstić information content (AvgIpc) is 2.97. The van der Waals surface area contributed by atoms with Crippen LogP contribution >= 0.6 is 24.0 Å². The van der Waals surface area contributed by atoms with Crippen LogP contribution in [0.5, 0.6) is 5.75 Å². The SMILES string of the molecule is CCC(C)C(NC(=O)CCN1C(=O)/C(=C\c2ccc(OC)cc2)SC1=S)C(=O)O. The molecule has 2 amide bonds. The topological polar surface area (TPSA) is 95.9 Å². The molecule has 29 heavy (non-hydrogen) atoms. The fraction of sp³-hybridized carbons (Fsp3) is 0.400. The van der Waals surface area contributed by atoms with E-state index in [4.69, 9.17) is 17.0 Å². The lowest BCUT2D eigenvalue weighted by Crippen LogP contribution is -2.46. The van der Waals surface area contributed by atoms with Crippen LogP contribution < -0.4 is 10.1 Å². The van der Waals surface area contributed by atoms with Crippen LogP contribution in [-0.4, -0.2) is 51.8 Å². The number of thiocarbonyl (C=S) groups is 1. The van der Waals surface area contributed by atoms with Gasteiger partial charge >= 0.3 is 5.97 Å². The highest BCUT2D eigenvalue weighted by molar-refractivity contribution is 8.26. The smallest absolute Gasteiger partial charge is 0.326 e. The Bertz CT molecular complexity index is 823. The van der Waals surface area contributed by atoms with Crippen LogP contribution in [0, 0.1) is 5.92 Å². The highest BCUT2D eigenvalue weighted by atomic mass is 32.2. The molecular weight excluding hydrogens is 412 g/mol. The average molecular weight is 437 g/mol. The number of hydrogen-bond acceptors (Lipinski definition) is 6. The van der Waals surface area contributed by atoms with Crippen LogP contribution in [0.4, 0.5) is 0 Å². The molecule has 0 aliphatic carbocycles. The zero-order valence-corrected chi connectivity index (χ0v) is 18.1. The van der Waals surface area contributed by atoms with Crippen molar-refractivity contribution in [1.29, 1.82) is 0 Å². The number of nitrogens with zero attached hydrogens (tertiary/aromatic N) is 1. The molecule has 1 aromatic rings. The molecule has 0 bridgehead atoms. The molecule has 0 aromatic heterocycles. The lowest BCUT2D eigenvalue weighted by atomic mass is 9.99. The quantitative estimate of drug-likeness (QED) is 0.454. The number of nitrogens with one attached hydrogen (secondary N) is 1. The number of carboxylic acids is 1. The molecule has 1 saturated heterocycles. The van der Waals surface area contributed by atoms with Crippen molar-refractivity contribution >= 4 is 52.2 Å². The molecule has 1 aliphatic heterocycles. The van der Waals surface area contributed by atoms with Crippen molar-refractivity contribution < 1.29 is 24.2 Å². The predicted molar refractivity (Wildman–Crippen MR) is 117 cm³/mol. The van der Waals surface area contributed by atoms with Gasteiger partial charge in [0.05, 0.1) is 12.0 Å². The fourth-order valence-corrected chi connectivity index (χ4v) is 3.99. The van der Waals surface area contributed by atoms with E-state index in [2.05, 4.69) is 5.32 Å². The van der Waals surface area contributed by atoms with E-state index in [1.807, 2.05) is 19.1 Å². The van der Waals surface area contributed by atoms with E-state index >= 15 is 0 Å². The lowest BCUT2D eigenvalue weighted by Gasteiger charge is -2.21. The Morgan fingerprint density at radius 1 is 1.34 bits per heavy atom. The van der Waals surface area contributed by atoms with E-state index in [-0.39, 0.29) is 24.8 Å². The summed E-state index contributed by atoms with van der Waals surface area (Å²) in [6, 6.07) is 6.31. The molecule has 2 atom stereocenters. The number of benzene rings is 1. The third-order valence-electron chi connectivity index (χ3n) is 4.65. The molecule has 0 saturated carbocycles. The van der Waals surface area contributed by atoms with Crippen molar-refractivity contribution in [2.45, 2.75) is 32.7 Å². The van der Waals surface area contributed by atoms with Crippen molar-refractivity contribution in [3.05, 3.63) is 34.7 Å². The highest BCUT2D eigenvalue weighted by Crippen LogP contribution is 2.32. The van der Waals surface area contributed by atoms with Crippen molar-refractivity contribution in [2.24, 2.45) is 5.92 Å². The number of aliphatic carboxylic acids is 1. The number of carbonyl (C=O) groups excluding carboxylic acids is 2. The molecule has 1 fully saturated rings. The number of hydrogen-bond donors (Lipinski definition) is 2. The van der Waals surface area contributed by atoms with Crippen LogP contribution in [0.15, 0.2) is 29.2 Å². The molecule has 1 aromatic carbocycles. The van der Waals surface area contributed by atoms with Crippen molar-refractivity contribution in [3.63, 3.8) is 0 Å². The third-order valence-corrected chi connectivity index (χ3v) is 6.02. The van der Waals surface area contributed by atoms with E-state index in [0.717, 1.165) is 11.3 Å². The summed E-state index contributed by atoms with van der Waals surface area (Å²) in [5, 5.41) is 11.8. The second-order valence-electron chi connectivity index (χ2n) is 6.63. The first-order chi connectivity index (χ1) is 13.8. The van der Waals surface area contributed by atoms with E-state index in [9.17, 15) is 19.5 Å². The summed E-state index contributed by atoms with van der Waals surface area (Å²) in [6.07, 6.45) is 2.34. The number of carboxylic acid groups (broad SMARTS) is 1. The summed E-state index contributed by atoms with van der Waals surface area (Å²) >= 11 is 6.45. The number of carbonyl (C=O) groups is 3. The molecule has 156 valence electrons. The largest absolute Gasteiger partial charge is 0.497 e. The second kappa shape index (κ2) is 10.4. The monoisotopic (exact) mass is 436 g/mol. The normalized spacial score (nSPS) is 17.3. The summed E-state index contributed by atoms with van der Waals surface area (Å²) in [7, 11) is 1.58. The minimum absolute atomic E-state index is 0.0253. The molecule has 2 rings (SSSR count). The number of ether oxygens (including phenoxy) is 1. The zero-order chi connectivity index (χ0) is 21.6. The van der Waals surface area contributed by atoms with Crippen LogP contribution in [0.25, 0.3) is 6.08 Å². The van der Waals surface area contributed by atoms with Gasteiger partial charge in [0.1, 0.15) is 16.1 Å². The maximum absolute atomic E-state index is 12.6. The third kappa shape index (κ3) is 6.04. The molecule has 2 N–H and O–H groups in total. The number of methoxy groups -OCH3 is 1. The van der Waals surface area contributed by atoms with Gasteiger partial charge in [-0.25, -0.2) is 4.79 Å². The van der Waals surface area contributed by atoms with Gasteiger partial charge in [0.25, 0.3) is 5.91 Å². The first-order valence-corrected chi connectivity index (χ1v) is 10.4. The summed E-state index contributed by atoms with van der Waals surface area (Å²) in [5.41, 5.74) is 0.835. The van der Waals surface area contributed by atoms with E-state index in [0.29, 0.717) is 15.6 Å². The van der Waals surface area contributed by atoms with E-state index in [1.54, 1.807) is 32.2 Å². The first-order valence-electron chi connectivity index (χ1n) is 9.18. The number of amides is 2. The molecular formula is C20H24N2O5S2. The Morgan fingerprint density at radius 2 is 2.00 bits per heavy atom. The Kier molecular flexibility index (Phi) is 8.21. The summed E-state index contributed by atoms with van der Waals surface area (Å²) in [6.45, 7) is 3.73. The Morgan fingerprint density at radius 3 is 2.55 bits per heavy atom. The summed E-state index contributed by atoms with van der Waals surface area (Å²) in [4.78, 5) is 38.0. The van der Waals surface area contributed by atoms with Gasteiger partial charge in [-0.15, -0.1) is 0 Å². The molecule has 1 heterocycles. The van der Waals surface area contributed by atoms with Gasteiger partial charge in [-0.2, -0.15) is 0 Å². The molecule has 1 aliphatic rings. The van der Waals surface area contributed by atoms with Crippen LogP contribution in [0.3, 0.4) is 0 Å². The van der Waals surface area contributed by atoms with Crippen molar-refractivity contribution in [3.8, 4) is 5.75 Å². The van der Waals surface area contributed by atoms with Crippen LogP contribution in [-0.2, 0) is 14.4 Å². The predicted octanol–water partition coefficient (Wildman–Crippen LogP) is 2.90. The highest BCUT2D eigenvalue weighted by Gasteiger charge is 2.32. The fourth-order valence-electron chi connectivity index (χ4n) is 2.69. The number of thioether (sulfide) groups is 1. The zero-order valence-electron chi connectivity index (χ0n) is 16.5. The van der Waals surface area contributed by atoms with Gasteiger partial charge in [0.15, 0.2) is 0 Å². The second-order valence-corrected chi connectivity index (χ2v) is 8.30. The van der Waals surface area contributed by atoms with Crippen LogP contribution in [0.2, 0.25) is 0 Å². The summed E-state index contributed by atoms with van der Waals surface area (Å²) in [5.74, 6) is -1.23. The van der Waals surface area contributed by atoms with Crippen LogP contribution in [0.1, 0.15) is 32.3 Å². The van der Waals surface area contributed by atoms with Gasteiger partial charge in [-0.1, -0.05) is 56.4 Å². The van der Waals surface area contributed by atoms with Gasteiger partial charge < -0.3 is 15.2 Å². The van der Waals surface area contributed by atoms with Crippen molar-refractivity contribution in [1.82, 2.24) is 10.2 Å². The van der Waals surface area contributed by atoms with E-state index < -0.39 is 17.9 Å². The molecule has 0 radical (unpaired) electrons. The molecule has 0 spiro atoms.